The van der Waals surface area contributed by atoms with Gasteiger partial charge in [0.15, 0.2) is 0 Å². The van der Waals surface area contributed by atoms with Crippen molar-refractivity contribution in [2.45, 2.75) is 171 Å². The summed E-state index contributed by atoms with van der Waals surface area (Å²) >= 11 is 19.0. The van der Waals surface area contributed by atoms with E-state index in [2.05, 4.69) is 66.3 Å². The van der Waals surface area contributed by atoms with Gasteiger partial charge in [-0.1, -0.05) is 152 Å². The zero-order chi connectivity index (χ0) is 95.9. The number of ether oxygens (including phenoxy) is 5. The maximum absolute atomic E-state index is 15.3. The average Bonchev–Trinajstić information content (AvgIpc) is 1.75. The molecule has 3 aliphatic heterocycles. The first-order chi connectivity index (χ1) is 61.9. The van der Waals surface area contributed by atoms with Gasteiger partial charge >= 0.3 is 54.7 Å². The number of nitrogens with two attached hydrogens (primary N) is 1. The molecule has 37 heteroatoms. The molecule has 0 bridgehead atoms. The molecule has 14 rings (SSSR count). The lowest BCUT2D eigenvalue weighted by atomic mass is 9.78. The second kappa shape index (κ2) is 47.1. The van der Waals surface area contributed by atoms with Crippen LogP contribution >= 0.6 is 55.1 Å². The summed E-state index contributed by atoms with van der Waals surface area (Å²) in [6.45, 7) is 16.9. The van der Waals surface area contributed by atoms with Gasteiger partial charge in [0.25, 0.3) is 11.7 Å². The first kappa shape index (κ1) is 105. The third-order valence-corrected chi connectivity index (χ3v) is 23.0. The summed E-state index contributed by atoms with van der Waals surface area (Å²) in [5, 5.41) is 33.3. The number of carbonyl (C=O) groups excluding carboxylic acids is 5. The third-order valence-electron chi connectivity index (χ3n) is 21.4. The number of aliphatic hydroxyl groups excluding tert-OH is 2. The molecule has 2 aliphatic carbocycles. The minimum Gasteiger partial charge on any atom is -0.489 e. The van der Waals surface area contributed by atoms with Crippen LogP contribution in [0.4, 0.5) is 43.9 Å². The number of hydrogen-bond acceptors (Lipinski definition) is 20. The highest BCUT2D eigenvalue weighted by Gasteiger charge is 2.53. The van der Waals surface area contributed by atoms with Crippen LogP contribution in [0.1, 0.15) is 156 Å². The van der Waals surface area contributed by atoms with E-state index in [1.54, 1.807) is 55.5 Å². The van der Waals surface area contributed by atoms with Gasteiger partial charge in [0, 0.05) is 67.0 Å². The Kier molecular flexibility index (Phi) is 37.7. The van der Waals surface area contributed by atoms with Crippen LogP contribution in [0.5, 0.6) is 11.5 Å². The van der Waals surface area contributed by atoms with Crippen molar-refractivity contribution in [1.29, 1.82) is 0 Å². The first-order valence-corrected chi connectivity index (χ1v) is 44.3. The van der Waals surface area contributed by atoms with Gasteiger partial charge in [-0.15, -0.1) is 0 Å². The molecule has 3 saturated heterocycles. The van der Waals surface area contributed by atoms with Gasteiger partial charge in [-0.25, -0.2) is 28.0 Å². The third kappa shape index (κ3) is 29.5. The monoisotopic (exact) mass is 2000 g/mol. The van der Waals surface area contributed by atoms with E-state index in [-0.39, 0.29) is 44.1 Å². The number of rotatable bonds is 29. The fourth-order valence-electron chi connectivity index (χ4n) is 13.0. The molecule has 702 valence electrons. The van der Waals surface area contributed by atoms with E-state index in [1.165, 1.54) is 124 Å². The number of benzene rings is 7. The van der Waals surface area contributed by atoms with Crippen LogP contribution in [0.15, 0.2) is 203 Å². The Hall–Kier alpha value is -9.92. The van der Waals surface area contributed by atoms with Crippen molar-refractivity contribution in [3.05, 3.63) is 264 Å². The highest BCUT2D eigenvalue weighted by molar-refractivity contribution is 9.10. The van der Waals surface area contributed by atoms with Crippen molar-refractivity contribution in [3.8, 4) is 34.0 Å². The second-order valence-electron chi connectivity index (χ2n) is 31.9. The fourth-order valence-corrected chi connectivity index (χ4v) is 14.0. The largest absolute Gasteiger partial charge is 0.494 e. The van der Waals surface area contributed by atoms with E-state index in [4.69, 9.17) is 52.8 Å². The summed E-state index contributed by atoms with van der Waals surface area (Å²) in [5.74, 6) is -23.1. The standard InChI is InChI=1S/C29H29ClF3N3O3.C16H21BF2O4.C16H23ClN2O2.C13H8F3NO2.C10H9BrF2O2.C10H9BrO3/c30-23-15-19(5-12-26(23)39-22-9-10-22)27(37)25(17-36-13-1-2-14-36)35-28(38)29(32,33)20-6-3-18(4-7-20)24-11-8-21(31)16-34-24;1-6-21-13(20)16(18,19)11-7-9-12(10-8-11)17-22-14(2,3)15(4,5)23-17;17-13-9-11(3-6-15(13)21-12-4-5-12)16(20)14(18)10-19-7-1-2-8-19;14-10-5-6-11(17-7-10)8-1-3-9(4-2-8)13(15,16)12(18)19;1-2-15-9(14)10(12,13)7-3-5-8(11)6-4-7;1-2-14-10(13)9(12)7-3-5-8(11)6-4-7/h3-8,11-12,15-16,22,25,27,37H,1-2,9-10,13-14,17H2,(H,35,38);7-10H,6H2,1-5H3;3,6,9,12,14,16,20H,1-2,4-5,7-8,10,18H2;1-7H,(H,18,19);3-6H,2H2,1H3;3-6H,2H2,1H3/t25-,27-;;14-,16-;;;/m1.1.../s1. The molecule has 2 saturated carbocycles. The predicted octanol–water partition coefficient (Wildman–Crippen LogP) is 18.8. The Bertz CT molecular complexity index is 5270. The molecular formula is C94H99BBr2Cl2F10N6O16. The van der Waals surface area contributed by atoms with Crippen LogP contribution in [0.2, 0.25) is 10.0 Å². The topological polar surface area (TPSA) is 298 Å². The molecule has 1 amide bonds. The Morgan fingerprint density at radius 1 is 0.519 bits per heavy atom. The zero-order valence-electron chi connectivity index (χ0n) is 72.3. The molecule has 4 atom stereocenters. The summed E-state index contributed by atoms with van der Waals surface area (Å²) in [6.07, 6.45) is 9.03. The number of nitrogens with one attached hydrogen (secondary N) is 1. The molecule has 6 N–H and O–H groups in total. The summed E-state index contributed by atoms with van der Waals surface area (Å²) in [5.41, 5.74) is 7.13. The number of aliphatic carboxylic acids is 1. The number of hydrogen-bond donors (Lipinski definition) is 5. The van der Waals surface area contributed by atoms with E-state index in [1.807, 2.05) is 44.7 Å². The van der Waals surface area contributed by atoms with E-state index in [0.29, 0.717) is 71.2 Å². The molecule has 0 unspecified atom stereocenters. The lowest BCUT2D eigenvalue weighted by molar-refractivity contribution is -0.173. The smallest absolute Gasteiger partial charge is 0.489 e. The molecular weight excluding hydrogens is 1900 g/mol. The van der Waals surface area contributed by atoms with Gasteiger partial charge in [0.2, 0.25) is 0 Å². The fraction of sp³-hybridized carbons (Fsp3) is 0.383. The number of Topliss-reactive ketones (excluding diaryl/α,β-unsaturated/α-hetero) is 1. The Morgan fingerprint density at radius 3 is 1.27 bits per heavy atom. The molecule has 5 fully saturated rings. The van der Waals surface area contributed by atoms with Crippen molar-refractivity contribution in [3.63, 3.8) is 0 Å². The van der Waals surface area contributed by atoms with Gasteiger partial charge in [0.1, 0.15) is 29.2 Å². The van der Waals surface area contributed by atoms with Crippen LogP contribution in [-0.4, -0.2) is 172 Å². The van der Waals surface area contributed by atoms with Crippen molar-refractivity contribution >= 4 is 103 Å². The summed E-state index contributed by atoms with van der Waals surface area (Å²) < 4.78 is 176. The molecule has 0 spiro atoms. The molecule has 0 radical (unpaired) electrons. The molecule has 9 aromatic rings. The second-order valence-corrected chi connectivity index (χ2v) is 34.5. The number of carboxylic acid groups (broad SMARTS) is 1. The number of esters is 3. The van der Waals surface area contributed by atoms with Crippen molar-refractivity contribution < 1.29 is 121 Å². The van der Waals surface area contributed by atoms with E-state index < -0.39 is 124 Å². The highest BCUT2D eigenvalue weighted by Crippen LogP contribution is 2.41. The Labute approximate surface area is 778 Å². The molecule has 5 heterocycles. The lowest BCUT2D eigenvalue weighted by Gasteiger charge is -2.32. The van der Waals surface area contributed by atoms with Crippen LogP contribution in [0, 0.1) is 11.6 Å². The van der Waals surface area contributed by atoms with E-state index >= 15 is 8.78 Å². The number of carboxylic acids is 1. The van der Waals surface area contributed by atoms with Gasteiger partial charge in [-0.3, -0.25) is 19.6 Å². The van der Waals surface area contributed by atoms with Gasteiger partial charge < -0.3 is 69.2 Å². The van der Waals surface area contributed by atoms with Crippen molar-refractivity contribution in [2.24, 2.45) is 5.73 Å². The van der Waals surface area contributed by atoms with E-state index in [0.717, 1.165) is 118 Å². The van der Waals surface area contributed by atoms with Gasteiger partial charge in [0.05, 0.1) is 89.2 Å². The number of amides is 1. The number of ketones is 1. The number of pyridine rings is 2. The quantitative estimate of drug-likeness (QED) is 0.00726. The Balaban J connectivity index is 0.000000184. The van der Waals surface area contributed by atoms with Crippen molar-refractivity contribution in [2.75, 3.05) is 59.1 Å². The van der Waals surface area contributed by atoms with Crippen LogP contribution in [0.3, 0.4) is 0 Å². The van der Waals surface area contributed by atoms with Crippen molar-refractivity contribution in [1.82, 2.24) is 25.1 Å². The summed E-state index contributed by atoms with van der Waals surface area (Å²) in [6, 6.07) is 41.1. The van der Waals surface area contributed by atoms with Crippen LogP contribution in [-0.2, 0) is 71.2 Å². The summed E-state index contributed by atoms with van der Waals surface area (Å²) in [4.78, 5) is 80.2. The maximum atomic E-state index is 15.3. The number of halogens is 14. The average molecular weight is 2000 g/mol. The van der Waals surface area contributed by atoms with E-state index in [9.17, 15) is 74.1 Å². The number of likely N-dealkylation sites (tertiary alicyclic amines) is 2. The van der Waals surface area contributed by atoms with Gasteiger partial charge in [-0.2, -0.15) is 35.1 Å². The predicted molar refractivity (Wildman–Crippen MR) is 479 cm³/mol. The summed E-state index contributed by atoms with van der Waals surface area (Å²) in [7, 11) is -0.634. The molecule has 22 nitrogen and oxygen atoms in total. The van der Waals surface area contributed by atoms with Crippen LogP contribution < -0.4 is 26.0 Å². The van der Waals surface area contributed by atoms with Gasteiger partial charge in [-0.05, 0) is 228 Å². The number of aromatic nitrogens is 2. The number of alkyl halides is 8. The maximum Gasteiger partial charge on any atom is 0.494 e. The number of aliphatic hydroxyl groups is 2. The SMILES string of the molecule is CCOC(=O)C(=O)c1ccc(Br)cc1.CCOC(=O)C(F)(F)c1ccc(B2OC(C)(C)C(C)(C)O2)cc1.CCOC(=O)C(F)(F)c1ccc(Br)cc1.N[C@H](CN1CCCC1)[C@H](O)c1ccc(OC2CC2)c(Cl)c1.O=C(N[C@H](CN1CCCC1)[C@H](O)c1ccc(OC2CC2)c(Cl)c1)C(F)(F)c1ccc(-c2ccc(F)cn2)cc1.O=C(O)C(F)(F)c1ccc(-c2ccc(F)cn2)cc1. The molecule has 131 heavy (non-hydrogen) atoms. The highest BCUT2D eigenvalue weighted by atomic mass is 79.9. The Morgan fingerprint density at radius 2 is 0.893 bits per heavy atom. The normalized spacial score (nSPS) is 16.2. The number of carbonyl (C=O) groups is 6. The molecule has 5 aliphatic rings. The number of nitrogens with zero attached hydrogens (tertiary/aromatic N) is 4. The minimum absolute atomic E-state index is 0.0645. The van der Waals surface area contributed by atoms with Crippen LogP contribution in [0.25, 0.3) is 22.5 Å². The molecule has 2 aromatic heterocycles. The molecule has 7 aromatic carbocycles. The lowest BCUT2D eigenvalue weighted by Crippen LogP contribution is -2.50. The zero-order valence-corrected chi connectivity index (χ0v) is 77.0. The first-order valence-electron chi connectivity index (χ1n) is 41.9. The minimum atomic E-state index is -3.94.